The highest BCUT2D eigenvalue weighted by Crippen LogP contribution is 2.24. The molecule has 0 bridgehead atoms. The first-order valence-electron chi connectivity index (χ1n) is 7.86. The van der Waals surface area contributed by atoms with E-state index in [2.05, 4.69) is 17.3 Å². The Hall–Kier alpha value is -0.640. The molecule has 0 amide bonds. The summed E-state index contributed by atoms with van der Waals surface area (Å²) in [5.74, 6) is 5.62. The number of nitrogens with two attached hydrogens (primary N) is 1. The van der Waals surface area contributed by atoms with Crippen LogP contribution in [0.5, 0.6) is 0 Å². The minimum absolute atomic E-state index is 0.0591. The van der Waals surface area contributed by atoms with Crippen molar-refractivity contribution < 1.29 is 0 Å². The number of hydrazine groups is 1. The molecule has 114 valence electrons. The first-order chi connectivity index (χ1) is 9.79. The lowest BCUT2D eigenvalue weighted by Crippen LogP contribution is -2.28. The molecule has 0 aromatic carbocycles. The molecule has 20 heavy (non-hydrogen) atoms. The highest BCUT2D eigenvalue weighted by molar-refractivity contribution is 6.31. The Morgan fingerprint density at radius 3 is 2.40 bits per heavy atom. The van der Waals surface area contributed by atoms with Crippen molar-refractivity contribution in [3.05, 3.63) is 29.0 Å². The van der Waals surface area contributed by atoms with Crippen molar-refractivity contribution >= 4 is 11.6 Å². The Bertz CT molecular complexity index is 357. The maximum Gasteiger partial charge on any atom is 0.0772 e. The Morgan fingerprint density at radius 2 is 1.80 bits per heavy atom. The van der Waals surface area contributed by atoms with E-state index in [1.807, 2.05) is 12.1 Å². The summed E-state index contributed by atoms with van der Waals surface area (Å²) in [6.45, 7) is 2.25. The quantitative estimate of drug-likeness (QED) is 0.351. The maximum absolute atomic E-state index is 6.15. The fourth-order valence-corrected chi connectivity index (χ4v) is 2.69. The second-order valence-corrected chi connectivity index (χ2v) is 5.76. The molecular weight excluding hydrogens is 270 g/mol. The van der Waals surface area contributed by atoms with Gasteiger partial charge in [-0.3, -0.25) is 16.3 Å². The lowest BCUT2D eigenvalue weighted by atomic mass is 10.0. The van der Waals surface area contributed by atoms with Crippen molar-refractivity contribution in [2.75, 3.05) is 0 Å². The molecule has 0 fully saturated rings. The average Bonchev–Trinajstić information content (AvgIpc) is 2.47. The van der Waals surface area contributed by atoms with Gasteiger partial charge in [-0.05, 0) is 18.6 Å². The number of halogens is 1. The number of rotatable bonds is 11. The van der Waals surface area contributed by atoms with Crippen LogP contribution in [0.25, 0.3) is 0 Å². The van der Waals surface area contributed by atoms with Gasteiger partial charge in [-0.25, -0.2) is 0 Å². The molecule has 0 saturated carbocycles. The van der Waals surface area contributed by atoms with Gasteiger partial charge in [0, 0.05) is 6.20 Å². The summed E-state index contributed by atoms with van der Waals surface area (Å²) in [7, 11) is 0. The minimum atomic E-state index is 0.0591. The van der Waals surface area contributed by atoms with E-state index < -0.39 is 0 Å². The molecule has 0 aliphatic carbocycles. The molecule has 1 heterocycles. The standard InChI is InChI=1S/C16H28ClN3/c1-2-3-4-5-6-7-8-9-12-15(20-18)16-14(17)11-10-13-19-16/h10-11,13,15,20H,2-9,12,18H2,1H3. The second kappa shape index (κ2) is 11.1. The van der Waals surface area contributed by atoms with Crippen LogP contribution in [0.1, 0.15) is 76.4 Å². The van der Waals surface area contributed by atoms with E-state index in [9.17, 15) is 0 Å². The second-order valence-electron chi connectivity index (χ2n) is 5.35. The Balaban J connectivity index is 2.18. The van der Waals surface area contributed by atoms with Gasteiger partial charge in [0.15, 0.2) is 0 Å². The highest BCUT2D eigenvalue weighted by atomic mass is 35.5. The van der Waals surface area contributed by atoms with E-state index in [0.717, 1.165) is 18.5 Å². The lowest BCUT2D eigenvalue weighted by Gasteiger charge is -2.16. The van der Waals surface area contributed by atoms with Gasteiger partial charge in [-0.2, -0.15) is 0 Å². The van der Waals surface area contributed by atoms with Gasteiger partial charge in [0.05, 0.1) is 16.8 Å². The summed E-state index contributed by atoms with van der Waals surface area (Å²) >= 11 is 6.15. The molecule has 1 atom stereocenters. The summed E-state index contributed by atoms with van der Waals surface area (Å²) in [4.78, 5) is 4.32. The molecule has 3 nitrogen and oxygen atoms in total. The fourth-order valence-electron chi connectivity index (χ4n) is 2.44. The zero-order valence-corrected chi connectivity index (χ0v) is 13.3. The van der Waals surface area contributed by atoms with Crippen molar-refractivity contribution in [3.63, 3.8) is 0 Å². The van der Waals surface area contributed by atoms with Crippen LogP contribution >= 0.6 is 11.6 Å². The average molecular weight is 298 g/mol. The summed E-state index contributed by atoms with van der Waals surface area (Å²) in [5.41, 5.74) is 3.69. The molecule has 0 aliphatic heterocycles. The number of hydrogen-bond donors (Lipinski definition) is 2. The van der Waals surface area contributed by atoms with E-state index in [4.69, 9.17) is 17.4 Å². The van der Waals surface area contributed by atoms with Crippen LogP contribution in [0.3, 0.4) is 0 Å². The fraction of sp³-hybridized carbons (Fsp3) is 0.688. The zero-order chi connectivity index (χ0) is 14.6. The molecular formula is C16H28ClN3. The van der Waals surface area contributed by atoms with Crippen LogP contribution < -0.4 is 11.3 Å². The highest BCUT2D eigenvalue weighted by Gasteiger charge is 2.13. The van der Waals surface area contributed by atoms with Crippen molar-refractivity contribution in [1.29, 1.82) is 0 Å². The van der Waals surface area contributed by atoms with E-state index >= 15 is 0 Å². The normalized spacial score (nSPS) is 12.6. The summed E-state index contributed by atoms with van der Waals surface area (Å²) < 4.78 is 0. The van der Waals surface area contributed by atoms with Crippen LogP contribution in [-0.2, 0) is 0 Å². The minimum Gasteiger partial charge on any atom is -0.271 e. The van der Waals surface area contributed by atoms with Gasteiger partial charge in [0.2, 0.25) is 0 Å². The van der Waals surface area contributed by atoms with Gasteiger partial charge in [0.25, 0.3) is 0 Å². The SMILES string of the molecule is CCCCCCCCCCC(NN)c1ncccc1Cl. The van der Waals surface area contributed by atoms with Crippen LogP contribution in [0.15, 0.2) is 18.3 Å². The third kappa shape index (κ3) is 6.69. The van der Waals surface area contributed by atoms with E-state index in [0.29, 0.717) is 5.02 Å². The third-order valence-electron chi connectivity index (χ3n) is 3.66. The van der Waals surface area contributed by atoms with Gasteiger partial charge in [-0.1, -0.05) is 69.9 Å². The summed E-state index contributed by atoms with van der Waals surface area (Å²) in [5, 5.41) is 0.690. The predicted octanol–water partition coefficient (Wildman–Crippen LogP) is 4.77. The topological polar surface area (TPSA) is 50.9 Å². The first kappa shape index (κ1) is 17.4. The molecule has 0 spiro atoms. The molecule has 1 rings (SSSR count). The van der Waals surface area contributed by atoms with Crippen LogP contribution in [-0.4, -0.2) is 4.98 Å². The largest absolute Gasteiger partial charge is 0.271 e. The molecule has 4 heteroatoms. The number of unbranched alkanes of at least 4 members (excludes halogenated alkanes) is 7. The van der Waals surface area contributed by atoms with Crippen molar-refractivity contribution in [2.45, 2.75) is 70.8 Å². The van der Waals surface area contributed by atoms with Gasteiger partial charge < -0.3 is 0 Å². The predicted molar refractivity (Wildman–Crippen MR) is 86.5 cm³/mol. The van der Waals surface area contributed by atoms with Gasteiger partial charge >= 0.3 is 0 Å². The van der Waals surface area contributed by atoms with E-state index in [1.54, 1.807) is 6.20 Å². The first-order valence-corrected chi connectivity index (χ1v) is 8.24. The van der Waals surface area contributed by atoms with Crippen molar-refractivity contribution in [2.24, 2.45) is 5.84 Å². The number of hydrogen-bond acceptors (Lipinski definition) is 3. The molecule has 0 aliphatic rings. The molecule has 0 saturated heterocycles. The zero-order valence-electron chi connectivity index (χ0n) is 12.6. The smallest absolute Gasteiger partial charge is 0.0772 e. The molecule has 0 radical (unpaired) electrons. The van der Waals surface area contributed by atoms with Crippen LogP contribution in [0.4, 0.5) is 0 Å². The van der Waals surface area contributed by atoms with Gasteiger partial charge in [0.1, 0.15) is 0 Å². The monoisotopic (exact) mass is 297 g/mol. The van der Waals surface area contributed by atoms with Crippen molar-refractivity contribution in [3.8, 4) is 0 Å². The van der Waals surface area contributed by atoms with Crippen LogP contribution in [0.2, 0.25) is 5.02 Å². The van der Waals surface area contributed by atoms with E-state index in [-0.39, 0.29) is 6.04 Å². The summed E-state index contributed by atoms with van der Waals surface area (Å²) in [6, 6.07) is 3.77. The van der Waals surface area contributed by atoms with E-state index in [1.165, 1.54) is 44.9 Å². The Morgan fingerprint density at radius 1 is 1.15 bits per heavy atom. The Labute approximate surface area is 128 Å². The molecule has 3 N–H and O–H groups in total. The van der Waals surface area contributed by atoms with Gasteiger partial charge in [-0.15, -0.1) is 0 Å². The Kier molecular flexibility index (Phi) is 9.63. The molecule has 1 aromatic rings. The molecule has 1 aromatic heterocycles. The number of nitrogens with one attached hydrogen (secondary N) is 1. The number of aromatic nitrogens is 1. The maximum atomic E-state index is 6.15. The third-order valence-corrected chi connectivity index (χ3v) is 3.98. The van der Waals surface area contributed by atoms with Crippen molar-refractivity contribution in [1.82, 2.24) is 10.4 Å². The number of nitrogens with zero attached hydrogens (tertiary/aromatic N) is 1. The van der Waals surface area contributed by atoms with Crippen LogP contribution in [0, 0.1) is 0 Å². The molecule has 1 unspecified atom stereocenters. The summed E-state index contributed by atoms with van der Waals surface area (Å²) in [6.07, 6.45) is 13.3. The number of pyridine rings is 1. The lowest BCUT2D eigenvalue weighted by molar-refractivity contribution is 0.467.